The van der Waals surface area contributed by atoms with E-state index < -0.39 is 12.6 Å². The summed E-state index contributed by atoms with van der Waals surface area (Å²) >= 11 is 0. The second-order valence-corrected chi connectivity index (χ2v) is 8.41. The lowest BCUT2D eigenvalue weighted by molar-refractivity contribution is -0.134. The molecule has 10 heteroatoms. The Labute approximate surface area is 187 Å². The van der Waals surface area contributed by atoms with Gasteiger partial charge in [0.05, 0.1) is 30.0 Å². The maximum atomic E-state index is 13.2. The van der Waals surface area contributed by atoms with Crippen LogP contribution in [0.1, 0.15) is 33.6 Å². The van der Waals surface area contributed by atoms with Gasteiger partial charge < -0.3 is 19.6 Å². The van der Waals surface area contributed by atoms with E-state index in [1.54, 1.807) is 4.90 Å². The van der Waals surface area contributed by atoms with Crippen molar-refractivity contribution in [2.24, 2.45) is 0 Å². The van der Waals surface area contributed by atoms with E-state index in [0.29, 0.717) is 37.2 Å². The van der Waals surface area contributed by atoms with Gasteiger partial charge in [-0.1, -0.05) is 6.07 Å². The van der Waals surface area contributed by atoms with E-state index in [1.165, 1.54) is 12.1 Å². The molecule has 0 unspecified atom stereocenters. The van der Waals surface area contributed by atoms with Crippen LogP contribution in [0.3, 0.4) is 0 Å². The Hall–Kier alpha value is -3.27. The molecule has 3 heterocycles. The van der Waals surface area contributed by atoms with Crippen molar-refractivity contribution in [3.63, 3.8) is 0 Å². The molecule has 2 aliphatic rings. The number of hydrogen-bond acceptors (Lipinski definition) is 5. The fourth-order valence-electron chi connectivity index (χ4n) is 4.44. The first-order valence-electron chi connectivity index (χ1n) is 10.8. The molecule has 1 saturated heterocycles. The smallest absolute Gasteiger partial charge is 0.389 e. The number of anilines is 1. The molecule has 0 bridgehead atoms. The zero-order chi connectivity index (χ0) is 23.2. The zero-order valence-corrected chi connectivity index (χ0v) is 17.8. The number of nitrogens with zero attached hydrogens (tertiary/aromatic N) is 3. The molecule has 1 fully saturated rings. The van der Waals surface area contributed by atoms with Crippen LogP contribution < -0.4 is 4.90 Å². The summed E-state index contributed by atoms with van der Waals surface area (Å²) < 4.78 is 43.4. The number of morpholine rings is 1. The SMILES string of the molecule is O=C(c1cc2c(CCC(F)(F)F)n[nH]c2cc1O)N1Cc2ccc(N3CCOCC3)cc2C1. The number of benzene rings is 2. The number of aromatic amines is 1. The summed E-state index contributed by atoms with van der Waals surface area (Å²) in [5.41, 5.74) is 3.83. The molecule has 2 aliphatic heterocycles. The minimum absolute atomic E-state index is 0.0540. The van der Waals surface area contributed by atoms with Crippen LogP contribution in [0.5, 0.6) is 5.75 Å². The van der Waals surface area contributed by atoms with E-state index >= 15 is 0 Å². The van der Waals surface area contributed by atoms with E-state index in [-0.39, 0.29) is 29.3 Å². The van der Waals surface area contributed by atoms with Crippen molar-refractivity contribution >= 4 is 22.5 Å². The third kappa shape index (κ3) is 4.35. The van der Waals surface area contributed by atoms with Gasteiger partial charge in [0.25, 0.3) is 5.91 Å². The van der Waals surface area contributed by atoms with Crippen LogP contribution >= 0.6 is 0 Å². The van der Waals surface area contributed by atoms with Crippen LogP contribution in [0, 0.1) is 0 Å². The second-order valence-electron chi connectivity index (χ2n) is 8.41. The molecule has 2 aromatic carbocycles. The molecule has 1 aromatic heterocycles. The summed E-state index contributed by atoms with van der Waals surface area (Å²) in [6.07, 6.45) is -5.62. The minimum atomic E-state index is -4.30. The first-order valence-corrected chi connectivity index (χ1v) is 10.8. The molecule has 0 spiro atoms. The Morgan fingerprint density at radius 3 is 2.64 bits per heavy atom. The summed E-state index contributed by atoms with van der Waals surface area (Å²) in [5.74, 6) is -0.607. The predicted molar refractivity (Wildman–Crippen MR) is 115 cm³/mol. The Bertz CT molecular complexity index is 1200. The van der Waals surface area contributed by atoms with Gasteiger partial charge >= 0.3 is 6.18 Å². The number of aromatic hydroxyl groups is 1. The number of H-pyrrole nitrogens is 1. The fourth-order valence-corrected chi connectivity index (χ4v) is 4.44. The summed E-state index contributed by atoms with van der Waals surface area (Å²) in [7, 11) is 0. The Kier molecular flexibility index (Phi) is 5.40. The van der Waals surface area contributed by atoms with Crippen molar-refractivity contribution in [3.05, 3.63) is 52.7 Å². The Balaban J connectivity index is 1.37. The van der Waals surface area contributed by atoms with Gasteiger partial charge in [-0.15, -0.1) is 0 Å². The maximum Gasteiger partial charge on any atom is 0.389 e. The average molecular weight is 460 g/mol. The van der Waals surface area contributed by atoms with Gasteiger partial charge in [0.1, 0.15) is 5.75 Å². The summed E-state index contributed by atoms with van der Waals surface area (Å²) in [6.45, 7) is 3.80. The number of hydrogen-bond donors (Lipinski definition) is 2. The number of rotatable bonds is 4. The number of carbonyl (C=O) groups is 1. The van der Waals surface area contributed by atoms with Crippen molar-refractivity contribution in [1.82, 2.24) is 15.1 Å². The fraction of sp³-hybridized carbons (Fsp3) is 0.391. The average Bonchev–Trinajstić information content (AvgIpc) is 3.40. The number of ether oxygens (including phenoxy) is 1. The highest BCUT2D eigenvalue weighted by Gasteiger charge is 2.29. The molecule has 0 radical (unpaired) electrons. The van der Waals surface area contributed by atoms with Crippen molar-refractivity contribution in [2.75, 3.05) is 31.2 Å². The van der Waals surface area contributed by atoms with E-state index in [0.717, 1.165) is 29.9 Å². The van der Waals surface area contributed by atoms with Gasteiger partial charge in [-0.3, -0.25) is 9.89 Å². The van der Waals surface area contributed by atoms with E-state index in [1.807, 2.05) is 12.1 Å². The molecule has 0 aliphatic carbocycles. The molecule has 33 heavy (non-hydrogen) atoms. The molecule has 0 atom stereocenters. The highest BCUT2D eigenvalue weighted by atomic mass is 19.4. The third-order valence-corrected chi connectivity index (χ3v) is 6.21. The van der Waals surface area contributed by atoms with Crippen molar-refractivity contribution in [1.29, 1.82) is 0 Å². The van der Waals surface area contributed by atoms with Crippen LogP contribution in [-0.4, -0.2) is 58.6 Å². The molecule has 174 valence electrons. The molecule has 2 N–H and O–H groups in total. The van der Waals surface area contributed by atoms with E-state index in [9.17, 15) is 23.1 Å². The van der Waals surface area contributed by atoms with Gasteiger partial charge in [0, 0.05) is 56.2 Å². The molecule has 7 nitrogen and oxygen atoms in total. The molecular formula is C23H23F3N4O3. The number of aromatic nitrogens is 2. The van der Waals surface area contributed by atoms with Gasteiger partial charge in [0.2, 0.25) is 0 Å². The lowest BCUT2D eigenvalue weighted by atomic mass is 10.1. The number of amides is 1. The molecule has 1 amide bonds. The molecular weight excluding hydrogens is 437 g/mol. The number of aryl methyl sites for hydroxylation is 1. The Morgan fingerprint density at radius 1 is 1.12 bits per heavy atom. The largest absolute Gasteiger partial charge is 0.507 e. The van der Waals surface area contributed by atoms with Gasteiger partial charge in [-0.2, -0.15) is 18.3 Å². The number of phenolic OH excluding ortho intramolecular Hbond substituents is 1. The lowest BCUT2D eigenvalue weighted by Gasteiger charge is -2.29. The monoisotopic (exact) mass is 460 g/mol. The number of alkyl halides is 3. The number of fused-ring (bicyclic) bond motifs is 2. The maximum absolute atomic E-state index is 13.2. The predicted octanol–water partition coefficient (Wildman–Crippen LogP) is 3.76. The topological polar surface area (TPSA) is 81.7 Å². The third-order valence-electron chi connectivity index (χ3n) is 6.21. The van der Waals surface area contributed by atoms with Gasteiger partial charge in [-0.25, -0.2) is 0 Å². The second kappa shape index (κ2) is 8.26. The molecule has 3 aromatic rings. The highest BCUT2D eigenvalue weighted by molar-refractivity contribution is 6.01. The number of nitrogens with one attached hydrogen (secondary N) is 1. The number of halogens is 3. The first-order chi connectivity index (χ1) is 15.8. The molecule has 5 rings (SSSR count). The van der Waals surface area contributed by atoms with E-state index in [2.05, 4.69) is 21.2 Å². The van der Waals surface area contributed by atoms with Crippen LogP contribution in [0.2, 0.25) is 0 Å². The van der Waals surface area contributed by atoms with Crippen molar-refractivity contribution < 1.29 is 27.8 Å². The quantitative estimate of drug-likeness (QED) is 0.620. The highest BCUT2D eigenvalue weighted by Crippen LogP contribution is 2.33. The number of phenols is 1. The summed E-state index contributed by atoms with van der Waals surface area (Å²) in [5, 5.41) is 17.4. The van der Waals surface area contributed by atoms with Crippen LogP contribution in [0.4, 0.5) is 18.9 Å². The van der Waals surface area contributed by atoms with Crippen molar-refractivity contribution in [3.8, 4) is 5.75 Å². The number of carbonyl (C=O) groups excluding carboxylic acids is 1. The Morgan fingerprint density at radius 2 is 1.88 bits per heavy atom. The summed E-state index contributed by atoms with van der Waals surface area (Å²) in [4.78, 5) is 17.1. The minimum Gasteiger partial charge on any atom is -0.507 e. The van der Waals surface area contributed by atoms with Crippen molar-refractivity contribution in [2.45, 2.75) is 32.1 Å². The van der Waals surface area contributed by atoms with E-state index in [4.69, 9.17) is 4.74 Å². The normalized spacial score (nSPS) is 16.5. The molecule has 0 saturated carbocycles. The standard InChI is InChI=1S/C23H23F3N4O3/c24-23(25,26)4-3-19-17-10-18(21(31)11-20(17)28-27-19)22(32)30-12-14-1-2-16(9-15(14)13-30)29-5-7-33-8-6-29/h1-2,9-11,31H,3-8,12-13H2,(H,27,28). The van der Waals surface area contributed by atoms with Gasteiger partial charge in [-0.05, 0) is 29.3 Å². The zero-order valence-electron chi connectivity index (χ0n) is 17.8. The van der Waals surface area contributed by atoms with Gasteiger partial charge in [0.15, 0.2) is 0 Å². The lowest BCUT2D eigenvalue weighted by Crippen LogP contribution is -2.36. The summed E-state index contributed by atoms with van der Waals surface area (Å²) in [6, 6.07) is 8.92. The van der Waals surface area contributed by atoms with Crippen LogP contribution in [0.25, 0.3) is 10.9 Å². The first kappa shape index (κ1) is 21.6. The van der Waals surface area contributed by atoms with Crippen LogP contribution in [0.15, 0.2) is 30.3 Å². The van der Waals surface area contributed by atoms with Crippen LogP contribution in [-0.2, 0) is 24.2 Å².